The van der Waals surface area contributed by atoms with Crippen LogP contribution in [0, 0.1) is 5.92 Å². The molecule has 0 unspecified atom stereocenters. The summed E-state index contributed by atoms with van der Waals surface area (Å²) in [4.78, 5) is 4.07. The van der Waals surface area contributed by atoms with Crippen molar-refractivity contribution in [2.75, 3.05) is 0 Å². The van der Waals surface area contributed by atoms with Gasteiger partial charge in [-0.05, 0) is 30.0 Å². The number of oxazole rings is 1. The first-order chi connectivity index (χ1) is 6.25. The summed E-state index contributed by atoms with van der Waals surface area (Å²) < 4.78 is 5.23. The molecule has 0 bridgehead atoms. The van der Waals surface area contributed by atoms with Crippen LogP contribution in [0.4, 0.5) is 0 Å². The van der Waals surface area contributed by atoms with Crippen molar-refractivity contribution in [3.63, 3.8) is 0 Å². The number of aromatic nitrogens is 1. The van der Waals surface area contributed by atoms with E-state index in [1.54, 1.807) is 0 Å². The first-order valence-electron chi connectivity index (χ1n) is 4.58. The van der Waals surface area contributed by atoms with Crippen LogP contribution in [0.25, 0.3) is 11.1 Å². The van der Waals surface area contributed by atoms with E-state index in [4.69, 9.17) is 4.42 Å². The molecule has 2 aromatic rings. The third-order valence-electron chi connectivity index (χ3n) is 2.04. The Morgan fingerprint density at radius 1 is 1.38 bits per heavy atom. The molecule has 0 radical (unpaired) electrons. The molecule has 68 valence electrons. The van der Waals surface area contributed by atoms with Crippen LogP contribution in [0.2, 0.25) is 0 Å². The fraction of sp³-hybridized carbons (Fsp3) is 0.364. The van der Waals surface area contributed by atoms with E-state index in [1.807, 2.05) is 6.07 Å². The summed E-state index contributed by atoms with van der Waals surface area (Å²) >= 11 is 0. The maximum atomic E-state index is 5.23. The van der Waals surface area contributed by atoms with Crippen molar-refractivity contribution in [1.29, 1.82) is 0 Å². The van der Waals surface area contributed by atoms with Crippen LogP contribution in [0.3, 0.4) is 0 Å². The Bertz CT molecular complexity index is 403. The molecule has 0 saturated carbocycles. The molecule has 0 aliphatic carbocycles. The van der Waals surface area contributed by atoms with E-state index in [0.717, 1.165) is 17.5 Å². The molecule has 13 heavy (non-hydrogen) atoms. The second-order valence-corrected chi connectivity index (χ2v) is 3.75. The Balaban J connectivity index is 2.37. The van der Waals surface area contributed by atoms with Gasteiger partial charge in [0.1, 0.15) is 5.52 Å². The molecule has 0 aliphatic rings. The molecule has 2 rings (SSSR count). The molecule has 0 spiro atoms. The molecule has 0 saturated heterocycles. The maximum absolute atomic E-state index is 5.23. The van der Waals surface area contributed by atoms with Crippen molar-refractivity contribution in [3.05, 3.63) is 30.2 Å². The fourth-order valence-corrected chi connectivity index (χ4v) is 1.50. The highest BCUT2D eigenvalue weighted by Crippen LogP contribution is 2.16. The quantitative estimate of drug-likeness (QED) is 0.701. The van der Waals surface area contributed by atoms with Crippen LogP contribution < -0.4 is 0 Å². The third kappa shape index (κ3) is 1.72. The van der Waals surface area contributed by atoms with Crippen LogP contribution >= 0.6 is 0 Å². The maximum Gasteiger partial charge on any atom is 0.181 e. The van der Waals surface area contributed by atoms with Gasteiger partial charge in [-0.25, -0.2) is 4.98 Å². The first kappa shape index (κ1) is 8.30. The van der Waals surface area contributed by atoms with Gasteiger partial charge >= 0.3 is 0 Å². The Morgan fingerprint density at radius 2 is 2.23 bits per heavy atom. The van der Waals surface area contributed by atoms with Crippen molar-refractivity contribution >= 4 is 11.1 Å². The fourth-order valence-electron chi connectivity index (χ4n) is 1.50. The van der Waals surface area contributed by atoms with Gasteiger partial charge in [0, 0.05) is 0 Å². The standard InChI is InChI=1S/C11H13NO/c1-8(2)5-9-3-4-10-11(6-9)13-7-12-10/h3-4,6-8H,5H2,1-2H3. The zero-order valence-corrected chi connectivity index (χ0v) is 7.95. The summed E-state index contributed by atoms with van der Waals surface area (Å²) in [6, 6.07) is 6.20. The Hall–Kier alpha value is -1.31. The monoisotopic (exact) mass is 175 g/mol. The zero-order chi connectivity index (χ0) is 9.26. The van der Waals surface area contributed by atoms with Gasteiger partial charge in [0.25, 0.3) is 0 Å². The highest BCUT2D eigenvalue weighted by molar-refractivity contribution is 5.72. The van der Waals surface area contributed by atoms with Crippen molar-refractivity contribution in [1.82, 2.24) is 4.98 Å². The summed E-state index contributed by atoms with van der Waals surface area (Å²) in [7, 11) is 0. The topological polar surface area (TPSA) is 26.0 Å². The SMILES string of the molecule is CC(C)Cc1ccc2ncoc2c1. The average Bonchev–Trinajstić information content (AvgIpc) is 2.49. The molecule has 0 atom stereocenters. The molecule has 1 aromatic carbocycles. The number of benzene rings is 1. The van der Waals surface area contributed by atoms with Crippen LogP contribution in [0.1, 0.15) is 19.4 Å². The second-order valence-electron chi connectivity index (χ2n) is 3.75. The number of nitrogens with zero attached hydrogens (tertiary/aromatic N) is 1. The predicted octanol–water partition coefficient (Wildman–Crippen LogP) is 3.03. The summed E-state index contributed by atoms with van der Waals surface area (Å²) in [5.41, 5.74) is 3.14. The molecule has 0 aliphatic heterocycles. The zero-order valence-electron chi connectivity index (χ0n) is 7.95. The lowest BCUT2D eigenvalue weighted by atomic mass is 10.0. The van der Waals surface area contributed by atoms with E-state index in [1.165, 1.54) is 12.0 Å². The van der Waals surface area contributed by atoms with Gasteiger partial charge in [-0.2, -0.15) is 0 Å². The largest absolute Gasteiger partial charge is 0.443 e. The van der Waals surface area contributed by atoms with Crippen LogP contribution in [0.5, 0.6) is 0 Å². The number of fused-ring (bicyclic) bond motifs is 1. The lowest BCUT2D eigenvalue weighted by Crippen LogP contribution is -1.92. The van der Waals surface area contributed by atoms with Gasteiger partial charge in [0.15, 0.2) is 12.0 Å². The molecule has 1 heterocycles. The molecule has 1 aromatic heterocycles. The van der Waals surface area contributed by atoms with E-state index in [2.05, 4.69) is 31.0 Å². The highest BCUT2D eigenvalue weighted by Gasteiger charge is 2.01. The van der Waals surface area contributed by atoms with Gasteiger partial charge in [0.05, 0.1) is 0 Å². The second kappa shape index (κ2) is 3.21. The molecule has 2 heteroatoms. The van der Waals surface area contributed by atoms with E-state index < -0.39 is 0 Å². The average molecular weight is 175 g/mol. The highest BCUT2D eigenvalue weighted by atomic mass is 16.3. The first-order valence-corrected chi connectivity index (χ1v) is 4.58. The minimum atomic E-state index is 0.681. The molecule has 0 fully saturated rings. The normalized spacial score (nSPS) is 11.3. The van der Waals surface area contributed by atoms with Gasteiger partial charge in [-0.1, -0.05) is 19.9 Å². The summed E-state index contributed by atoms with van der Waals surface area (Å²) in [5.74, 6) is 0.681. The van der Waals surface area contributed by atoms with Crippen LogP contribution in [-0.4, -0.2) is 4.98 Å². The Labute approximate surface area is 77.6 Å². The van der Waals surface area contributed by atoms with E-state index in [-0.39, 0.29) is 0 Å². The predicted molar refractivity (Wildman–Crippen MR) is 52.6 cm³/mol. The summed E-state index contributed by atoms with van der Waals surface area (Å²) in [6.07, 6.45) is 2.58. The minimum absolute atomic E-state index is 0.681. The van der Waals surface area contributed by atoms with Crippen molar-refractivity contribution < 1.29 is 4.42 Å². The molecule has 0 N–H and O–H groups in total. The van der Waals surface area contributed by atoms with Crippen molar-refractivity contribution in [2.45, 2.75) is 20.3 Å². The van der Waals surface area contributed by atoms with E-state index in [0.29, 0.717) is 5.92 Å². The number of rotatable bonds is 2. The number of hydrogen-bond acceptors (Lipinski definition) is 2. The smallest absolute Gasteiger partial charge is 0.181 e. The van der Waals surface area contributed by atoms with Crippen LogP contribution in [0.15, 0.2) is 29.0 Å². The summed E-state index contributed by atoms with van der Waals surface area (Å²) in [6.45, 7) is 4.43. The van der Waals surface area contributed by atoms with Crippen LogP contribution in [-0.2, 0) is 6.42 Å². The molecular formula is C11H13NO. The Morgan fingerprint density at radius 3 is 3.00 bits per heavy atom. The van der Waals surface area contributed by atoms with Gasteiger partial charge < -0.3 is 4.42 Å². The third-order valence-corrected chi connectivity index (χ3v) is 2.04. The lowest BCUT2D eigenvalue weighted by Gasteiger charge is -2.03. The summed E-state index contributed by atoms with van der Waals surface area (Å²) in [5, 5.41) is 0. The van der Waals surface area contributed by atoms with E-state index >= 15 is 0 Å². The van der Waals surface area contributed by atoms with Crippen molar-refractivity contribution in [2.24, 2.45) is 5.92 Å². The molecule has 2 nitrogen and oxygen atoms in total. The molecule has 0 amide bonds. The van der Waals surface area contributed by atoms with E-state index in [9.17, 15) is 0 Å². The lowest BCUT2D eigenvalue weighted by molar-refractivity contribution is 0.600. The van der Waals surface area contributed by atoms with Crippen molar-refractivity contribution in [3.8, 4) is 0 Å². The van der Waals surface area contributed by atoms with Gasteiger partial charge in [-0.15, -0.1) is 0 Å². The molecular weight excluding hydrogens is 162 g/mol. The number of hydrogen-bond donors (Lipinski definition) is 0. The minimum Gasteiger partial charge on any atom is -0.443 e. The Kier molecular flexibility index (Phi) is 2.05. The van der Waals surface area contributed by atoms with Gasteiger partial charge in [0.2, 0.25) is 0 Å². The van der Waals surface area contributed by atoms with Gasteiger partial charge in [-0.3, -0.25) is 0 Å².